The molecule has 1 aliphatic carbocycles. The van der Waals surface area contributed by atoms with E-state index in [2.05, 4.69) is 17.0 Å². The van der Waals surface area contributed by atoms with Gasteiger partial charge in [0.15, 0.2) is 0 Å². The van der Waals surface area contributed by atoms with Crippen LogP contribution in [0.4, 0.5) is 0 Å². The summed E-state index contributed by atoms with van der Waals surface area (Å²) in [6, 6.07) is 8.70. The Morgan fingerprint density at radius 1 is 1.05 bits per heavy atom. The molecule has 0 radical (unpaired) electrons. The Bertz CT molecular complexity index is 464. The van der Waals surface area contributed by atoms with Gasteiger partial charge in [-0.15, -0.1) is 0 Å². The Hall–Kier alpha value is -0.570. The fourth-order valence-corrected chi connectivity index (χ4v) is 4.33. The number of benzene rings is 1. The van der Waals surface area contributed by atoms with Crippen LogP contribution in [-0.4, -0.2) is 28.7 Å². The summed E-state index contributed by atoms with van der Waals surface area (Å²) in [5.74, 6) is 0.460. The molecule has 1 aliphatic heterocycles. The number of hydrogen-bond acceptors (Lipinski definition) is 2. The number of aliphatic hydroxyl groups excluding tert-OH is 1. The minimum absolute atomic E-state index is 0.101. The van der Waals surface area contributed by atoms with Crippen molar-refractivity contribution in [3.05, 3.63) is 34.9 Å². The van der Waals surface area contributed by atoms with Gasteiger partial charge in [0.1, 0.15) is 0 Å². The highest BCUT2D eigenvalue weighted by molar-refractivity contribution is 6.31. The van der Waals surface area contributed by atoms with Crippen LogP contribution < -0.4 is 0 Å². The molecule has 1 heterocycles. The van der Waals surface area contributed by atoms with Crippen LogP contribution in [0, 0.1) is 5.92 Å². The van der Waals surface area contributed by atoms with Gasteiger partial charge in [0, 0.05) is 23.5 Å². The summed E-state index contributed by atoms with van der Waals surface area (Å²) in [6.07, 6.45) is 8.33. The second-order valence-corrected chi connectivity index (χ2v) is 7.05. The van der Waals surface area contributed by atoms with Crippen LogP contribution >= 0.6 is 11.6 Å². The van der Waals surface area contributed by atoms with Crippen LogP contribution in [0.3, 0.4) is 0 Å². The molecule has 3 rings (SSSR count). The largest absolute Gasteiger partial charge is 0.393 e. The highest BCUT2D eigenvalue weighted by atomic mass is 35.5. The van der Waals surface area contributed by atoms with E-state index in [0.717, 1.165) is 24.5 Å². The topological polar surface area (TPSA) is 23.5 Å². The van der Waals surface area contributed by atoms with Crippen molar-refractivity contribution in [2.45, 2.75) is 63.6 Å². The smallest absolute Gasteiger partial charge is 0.0583 e. The molecule has 1 aromatic carbocycles. The molecule has 116 valence electrons. The molecule has 3 unspecified atom stereocenters. The second kappa shape index (κ2) is 7.13. The minimum atomic E-state index is -0.101. The number of hydrogen-bond donors (Lipinski definition) is 1. The third-order valence-electron chi connectivity index (χ3n) is 5.27. The maximum atomic E-state index is 10.4. The molecule has 1 N–H and O–H groups in total. The lowest BCUT2D eigenvalue weighted by Gasteiger charge is -2.44. The first-order chi connectivity index (χ1) is 10.3. The first kappa shape index (κ1) is 15.3. The molecule has 3 atom stereocenters. The molecule has 2 fully saturated rings. The maximum Gasteiger partial charge on any atom is 0.0583 e. The van der Waals surface area contributed by atoms with Crippen LogP contribution in [0.1, 0.15) is 50.5 Å². The fraction of sp³-hybridized carbons (Fsp3) is 0.667. The molecule has 0 amide bonds. The molecule has 21 heavy (non-hydrogen) atoms. The number of rotatable bonds is 3. The third kappa shape index (κ3) is 3.61. The molecular weight excluding hydrogens is 282 g/mol. The van der Waals surface area contributed by atoms with Crippen LogP contribution in [-0.2, 0) is 6.54 Å². The predicted octanol–water partition coefficient (Wildman–Crippen LogP) is 4.25. The van der Waals surface area contributed by atoms with Crippen molar-refractivity contribution in [3.8, 4) is 0 Å². The summed E-state index contributed by atoms with van der Waals surface area (Å²) in [4.78, 5) is 2.57. The summed E-state index contributed by atoms with van der Waals surface area (Å²) in [5.41, 5.74) is 1.22. The summed E-state index contributed by atoms with van der Waals surface area (Å²) < 4.78 is 0. The summed E-state index contributed by atoms with van der Waals surface area (Å²) in [7, 11) is 0. The van der Waals surface area contributed by atoms with E-state index < -0.39 is 0 Å². The molecule has 2 aliphatic rings. The number of halogens is 1. The highest BCUT2D eigenvalue weighted by Gasteiger charge is 2.35. The Morgan fingerprint density at radius 3 is 2.62 bits per heavy atom. The van der Waals surface area contributed by atoms with E-state index in [1.54, 1.807) is 0 Å². The lowest BCUT2D eigenvalue weighted by Crippen LogP contribution is -2.48. The molecule has 0 bridgehead atoms. The second-order valence-electron chi connectivity index (χ2n) is 6.64. The molecule has 1 saturated carbocycles. The quantitative estimate of drug-likeness (QED) is 0.902. The van der Waals surface area contributed by atoms with E-state index in [4.69, 9.17) is 11.6 Å². The van der Waals surface area contributed by atoms with E-state index in [1.807, 2.05) is 12.1 Å². The van der Waals surface area contributed by atoms with Gasteiger partial charge in [0.2, 0.25) is 0 Å². The zero-order valence-corrected chi connectivity index (χ0v) is 13.4. The Morgan fingerprint density at radius 2 is 1.81 bits per heavy atom. The number of aliphatic hydroxyl groups is 1. The zero-order valence-electron chi connectivity index (χ0n) is 12.7. The van der Waals surface area contributed by atoms with Gasteiger partial charge in [-0.1, -0.05) is 49.1 Å². The summed E-state index contributed by atoms with van der Waals surface area (Å²) in [6.45, 7) is 2.06. The molecule has 1 aromatic rings. The van der Waals surface area contributed by atoms with Gasteiger partial charge in [0.25, 0.3) is 0 Å². The Balaban J connectivity index is 1.73. The zero-order chi connectivity index (χ0) is 14.7. The lowest BCUT2D eigenvalue weighted by atomic mass is 9.78. The average Bonchev–Trinajstić information content (AvgIpc) is 2.51. The molecule has 3 heteroatoms. The molecular formula is C18H26ClNO. The van der Waals surface area contributed by atoms with E-state index >= 15 is 0 Å². The van der Waals surface area contributed by atoms with Crippen molar-refractivity contribution in [2.75, 3.05) is 6.54 Å². The monoisotopic (exact) mass is 307 g/mol. The van der Waals surface area contributed by atoms with Crippen molar-refractivity contribution in [3.63, 3.8) is 0 Å². The van der Waals surface area contributed by atoms with Crippen molar-refractivity contribution in [1.29, 1.82) is 0 Å². The summed E-state index contributed by atoms with van der Waals surface area (Å²) in [5, 5.41) is 11.3. The normalized spacial score (nSPS) is 31.2. The van der Waals surface area contributed by atoms with Gasteiger partial charge in [-0.2, -0.15) is 0 Å². The van der Waals surface area contributed by atoms with Gasteiger partial charge >= 0.3 is 0 Å². The van der Waals surface area contributed by atoms with Crippen LogP contribution in [0.25, 0.3) is 0 Å². The SMILES string of the molecule is OC1CCCCC1C1CCCCN1Cc1ccccc1Cl. The highest BCUT2D eigenvalue weighted by Crippen LogP contribution is 2.35. The van der Waals surface area contributed by atoms with E-state index in [9.17, 15) is 5.11 Å². The average molecular weight is 308 g/mol. The maximum absolute atomic E-state index is 10.4. The lowest BCUT2D eigenvalue weighted by molar-refractivity contribution is -0.00860. The molecule has 0 aromatic heterocycles. The van der Waals surface area contributed by atoms with Crippen molar-refractivity contribution >= 4 is 11.6 Å². The summed E-state index contributed by atoms with van der Waals surface area (Å²) >= 11 is 6.33. The molecule has 0 spiro atoms. The third-order valence-corrected chi connectivity index (χ3v) is 5.64. The van der Waals surface area contributed by atoms with Crippen LogP contribution in [0.2, 0.25) is 5.02 Å². The van der Waals surface area contributed by atoms with E-state index in [0.29, 0.717) is 12.0 Å². The van der Waals surface area contributed by atoms with Crippen molar-refractivity contribution in [1.82, 2.24) is 4.90 Å². The molecule has 1 saturated heterocycles. The first-order valence-electron chi connectivity index (χ1n) is 8.41. The Kier molecular flexibility index (Phi) is 5.20. The van der Waals surface area contributed by atoms with Gasteiger partial charge in [-0.25, -0.2) is 0 Å². The number of likely N-dealkylation sites (tertiary alicyclic amines) is 1. The number of piperidine rings is 1. The van der Waals surface area contributed by atoms with Gasteiger partial charge in [-0.3, -0.25) is 4.90 Å². The predicted molar refractivity (Wildman–Crippen MR) is 87.5 cm³/mol. The van der Waals surface area contributed by atoms with Gasteiger partial charge in [-0.05, 0) is 43.9 Å². The van der Waals surface area contributed by atoms with Gasteiger partial charge in [0.05, 0.1) is 6.10 Å². The van der Waals surface area contributed by atoms with E-state index in [1.165, 1.54) is 44.1 Å². The standard InChI is InChI=1S/C18H26ClNO/c19-16-9-3-1-7-14(16)13-20-12-6-5-10-17(20)15-8-2-4-11-18(15)21/h1,3,7,9,15,17-18,21H,2,4-6,8,10-13H2. The number of nitrogens with zero attached hydrogens (tertiary/aromatic N) is 1. The first-order valence-corrected chi connectivity index (χ1v) is 8.79. The minimum Gasteiger partial charge on any atom is -0.393 e. The van der Waals surface area contributed by atoms with Crippen LogP contribution in [0.5, 0.6) is 0 Å². The van der Waals surface area contributed by atoms with Gasteiger partial charge < -0.3 is 5.11 Å². The van der Waals surface area contributed by atoms with Crippen molar-refractivity contribution < 1.29 is 5.11 Å². The van der Waals surface area contributed by atoms with E-state index in [-0.39, 0.29) is 6.10 Å². The fourth-order valence-electron chi connectivity index (χ4n) is 4.13. The van der Waals surface area contributed by atoms with Crippen LogP contribution in [0.15, 0.2) is 24.3 Å². The van der Waals surface area contributed by atoms with Crippen molar-refractivity contribution in [2.24, 2.45) is 5.92 Å². The Labute approximate surface area is 133 Å². The molecule has 2 nitrogen and oxygen atoms in total.